The number of hydrogen-bond donors (Lipinski definition) is 2. The lowest BCUT2D eigenvalue weighted by molar-refractivity contribution is -0.143. The van der Waals surface area contributed by atoms with E-state index in [2.05, 4.69) is 0 Å². The summed E-state index contributed by atoms with van der Waals surface area (Å²) >= 11 is 5.94. The third kappa shape index (κ3) is 6.76. The van der Waals surface area contributed by atoms with Crippen molar-refractivity contribution in [2.45, 2.75) is 28.3 Å². The molecule has 1 aliphatic rings. The number of para-hydroxylation sites is 1. The van der Waals surface area contributed by atoms with E-state index >= 15 is 0 Å². The Labute approximate surface area is 268 Å². The van der Waals surface area contributed by atoms with Crippen LogP contribution in [0.2, 0.25) is 5.02 Å². The number of nitrogens with zero attached hydrogens (tertiary/aromatic N) is 1. The summed E-state index contributed by atoms with van der Waals surface area (Å²) in [6.07, 6.45) is -0.231. The van der Waals surface area contributed by atoms with Crippen LogP contribution in [0.1, 0.15) is 17.9 Å². The van der Waals surface area contributed by atoms with Gasteiger partial charge in [0.05, 0.1) is 4.90 Å². The third-order valence-corrected chi connectivity index (χ3v) is 10.9. The van der Waals surface area contributed by atoms with Gasteiger partial charge in [-0.05, 0) is 71.6 Å². The van der Waals surface area contributed by atoms with Crippen LogP contribution in [0.4, 0.5) is 13.2 Å². The summed E-state index contributed by atoms with van der Waals surface area (Å²) in [5, 5.41) is 11.0. The van der Waals surface area contributed by atoms with Crippen molar-refractivity contribution in [1.82, 2.24) is 9.03 Å². The Hall–Kier alpha value is -3.95. The van der Waals surface area contributed by atoms with Gasteiger partial charge in [0.1, 0.15) is 17.0 Å². The molecule has 0 aliphatic heterocycles. The summed E-state index contributed by atoms with van der Waals surface area (Å²) in [5.74, 6) is -1.64. The van der Waals surface area contributed by atoms with Gasteiger partial charge in [0, 0.05) is 24.0 Å². The third-order valence-electron chi connectivity index (χ3n) is 7.52. The predicted molar refractivity (Wildman–Crippen MR) is 164 cm³/mol. The van der Waals surface area contributed by atoms with Crippen LogP contribution in [0.25, 0.3) is 11.1 Å². The van der Waals surface area contributed by atoms with Crippen LogP contribution in [0.15, 0.2) is 108 Å². The molecule has 0 bridgehead atoms. The zero-order chi connectivity index (χ0) is 33.3. The topological polar surface area (TPSA) is 130 Å². The van der Waals surface area contributed by atoms with Gasteiger partial charge in [-0.25, -0.2) is 21.6 Å². The fourth-order valence-corrected chi connectivity index (χ4v) is 7.59. The van der Waals surface area contributed by atoms with E-state index in [0.717, 1.165) is 0 Å². The molecule has 9 nitrogen and oxygen atoms in total. The SMILES string of the molecule is O=C(O)C1(N(CCNS(=O)(=O)C(F)(F)F)S(=O)(=O)c2ccc(-c3ccc(Cl)cc3)cc2)CC1c1cccc(Oc2ccccc2)c1. The van der Waals surface area contributed by atoms with Crippen molar-refractivity contribution in [3.05, 3.63) is 114 Å². The smallest absolute Gasteiger partial charge is 0.480 e. The second kappa shape index (κ2) is 12.7. The molecule has 0 saturated heterocycles. The summed E-state index contributed by atoms with van der Waals surface area (Å²) in [5.41, 5.74) is -6.05. The van der Waals surface area contributed by atoms with Crippen LogP contribution in [-0.2, 0) is 24.8 Å². The Bertz CT molecular complexity index is 1940. The molecular formula is C31H26ClF3N2O7S2. The molecule has 0 aromatic heterocycles. The van der Waals surface area contributed by atoms with Crippen LogP contribution in [-0.4, -0.2) is 56.4 Å². The van der Waals surface area contributed by atoms with Crippen molar-refractivity contribution in [3.8, 4) is 22.6 Å². The molecule has 46 heavy (non-hydrogen) atoms. The monoisotopic (exact) mass is 694 g/mol. The Kier molecular flexibility index (Phi) is 9.21. The van der Waals surface area contributed by atoms with E-state index < -0.39 is 56.1 Å². The van der Waals surface area contributed by atoms with Gasteiger partial charge >= 0.3 is 21.5 Å². The zero-order valence-electron chi connectivity index (χ0n) is 23.7. The average Bonchev–Trinajstić information content (AvgIpc) is 3.77. The number of sulfonamides is 2. The molecule has 5 rings (SSSR count). The Morgan fingerprint density at radius 2 is 1.48 bits per heavy atom. The molecule has 2 atom stereocenters. The van der Waals surface area contributed by atoms with Crippen molar-refractivity contribution < 1.29 is 44.6 Å². The second-order valence-electron chi connectivity index (χ2n) is 10.4. The van der Waals surface area contributed by atoms with Gasteiger partial charge in [-0.2, -0.15) is 17.5 Å². The Morgan fingerprint density at radius 3 is 2.07 bits per heavy atom. The minimum Gasteiger partial charge on any atom is -0.480 e. The first-order chi connectivity index (χ1) is 21.6. The summed E-state index contributed by atoms with van der Waals surface area (Å²) in [7, 11) is -10.5. The summed E-state index contributed by atoms with van der Waals surface area (Å²) in [4.78, 5) is 12.5. The van der Waals surface area contributed by atoms with Crippen LogP contribution < -0.4 is 9.46 Å². The fourth-order valence-electron chi connectivity index (χ4n) is 5.17. The Morgan fingerprint density at radius 1 is 0.891 bits per heavy atom. The maximum Gasteiger partial charge on any atom is 0.511 e. The lowest BCUT2D eigenvalue weighted by atomic mass is 10.1. The van der Waals surface area contributed by atoms with E-state index in [-0.39, 0.29) is 11.3 Å². The number of carboxylic acid groups (broad SMARTS) is 1. The van der Waals surface area contributed by atoms with Gasteiger partial charge in [-0.3, -0.25) is 4.79 Å². The maximum absolute atomic E-state index is 14.1. The minimum absolute atomic E-state index is 0.231. The van der Waals surface area contributed by atoms with Crippen LogP contribution in [0.3, 0.4) is 0 Å². The fraction of sp³-hybridized carbons (Fsp3) is 0.194. The van der Waals surface area contributed by atoms with Gasteiger partial charge in [0.25, 0.3) is 0 Å². The molecule has 1 saturated carbocycles. The maximum atomic E-state index is 14.1. The molecule has 2 N–H and O–H groups in total. The van der Waals surface area contributed by atoms with E-state index in [9.17, 15) is 39.9 Å². The minimum atomic E-state index is -5.83. The molecule has 0 spiro atoms. The summed E-state index contributed by atoms with van der Waals surface area (Å²) in [6, 6.07) is 27.3. The first-order valence-electron chi connectivity index (χ1n) is 13.7. The molecule has 1 fully saturated rings. The highest BCUT2D eigenvalue weighted by Crippen LogP contribution is 2.57. The van der Waals surface area contributed by atoms with Crippen molar-refractivity contribution in [2.24, 2.45) is 0 Å². The zero-order valence-corrected chi connectivity index (χ0v) is 26.1. The number of hydrogen-bond acceptors (Lipinski definition) is 6. The molecule has 2 unspecified atom stereocenters. The largest absolute Gasteiger partial charge is 0.511 e. The lowest BCUT2D eigenvalue weighted by Gasteiger charge is -2.30. The molecular weight excluding hydrogens is 669 g/mol. The number of carboxylic acids is 1. The summed E-state index contributed by atoms with van der Waals surface area (Å²) < 4.78 is 98.3. The first kappa shape index (κ1) is 33.4. The number of halogens is 4. The van der Waals surface area contributed by atoms with Crippen LogP contribution in [0.5, 0.6) is 11.5 Å². The number of carbonyl (C=O) groups is 1. The molecule has 1 aliphatic carbocycles. The number of benzene rings is 4. The highest BCUT2D eigenvalue weighted by molar-refractivity contribution is 7.90. The Balaban J connectivity index is 1.50. The van der Waals surface area contributed by atoms with E-state index in [1.165, 1.54) is 29.0 Å². The highest BCUT2D eigenvalue weighted by Gasteiger charge is 2.68. The molecule has 4 aromatic rings. The van der Waals surface area contributed by atoms with Crippen molar-refractivity contribution in [3.63, 3.8) is 0 Å². The molecule has 242 valence electrons. The van der Waals surface area contributed by atoms with E-state index in [0.29, 0.717) is 37.5 Å². The van der Waals surface area contributed by atoms with E-state index in [1.807, 2.05) is 0 Å². The quantitative estimate of drug-likeness (QED) is 0.180. The van der Waals surface area contributed by atoms with Gasteiger partial charge in [-0.15, -0.1) is 0 Å². The lowest BCUT2D eigenvalue weighted by Crippen LogP contribution is -2.51. The molecule has 0 amide bonds. The standard InChI is InChI=1S/C31H26ClF3N2O7S2/c32-24-13-9-21(10-14-24)22-11-15-27(16-12-22)45(40,41)37(18-17-36-46(42,43)31(33,34)35)30(29(38)39)20-28(30)23-5-4-8-26(19-23)44-25-6-2-1-3-7-25/h1-16,19,28,36H,17-18,20H2,(H,38,39). The van der Waals surface area contributed by atoms with Crippen molar-refractivity contribution in [2.75, 3.05) is 13.1 Å². The number of rotatable bonds is 12. The molecule has 4 aromatic carbocycles. The average molecular weight is 695 g/mol. The summed E-state index contributed by atoms with van der Waals surface area (Å²) in [6.45, 7) is -1.94. The van der Waals surface area contributed by atoms with Gasteiger partial charge < -0.3 is 9.84 Å². The normalized spacial score (nSPS) is 18.3. The van der Waals surface area contributed by atoms with E-state index in [1.54, 1.807) is 78.9 Å². The van der Waals surface area contributed by atoms with Gasteiger partial charge in [0.2, 0.25) is 10.0 Å². The highest BCUT2D eigenvalue weighted by atomic mass is 35.5. The molecule has 0 radical (unpaired) electrons. The molecule has 0 heterocycles. The number of nitrogens with one attached hydrogen (secondary N) is 1. The number of ether oxygens (including phenoxy) is 1. The van der Waals surface area contributed by atoms with E-state index in [4.69, 9.17) is 16.3 Å². The first-order valence-corrected chi connectivity index (χ1v) is 17.0. The van der Waals surface area contributed by atoms with Crippen molar-refractivity contribution >= 4 is 37.6 Å². The van der Waals surface area contributed by atoms with Crippen LogP contribution >= 0.6 is 11.6 Å². The number of aliphatic carboxylic acids is 1. The van der Waals surface area contributed by atoms with Crippen molar-refractivity contribution in [1.29, 1.82) is 0 Å². The number of alkyl halides is 3. The van der Waals surface area contributed by atoms with Crippen LogP contribution in [0, 0.1) is 0 Å². The van der Waals surface area contributed by atoms with Gasteiger partial charge in [-0.1, -0.05) is 66.2 Å². The predicted octanol–water partition coefficient (Wildman–Crippen LogP) is 6.24. The van der Waals surface area contributed by atoms with Gasteiger partial charge in [0.15, 0.2) is 0 Å². The molecule has 15 heteroatoms. The second-order valence-corrected chi connectivity index (χ2v) is 14.5.